The maximum absolute atomic E-state index is 12.6. The summed E-state index contributed by atoms with van der Waals surface area (Å²) in [5.41, 5.74) is 0.762. The Bertz CT molecular complexity index is 975. The standard InChI is InChI=1S/C24H32BNO5S/c1-22(2,3)19-13-12-18(32-19)20(27)26-17(21(28)29)14-15-8-10-16(11-9-15)25-30-23(4,5)24(6,7)31-25/h8-13,17H,14H2,1-7H3,(H,26,27)(H,28,29). The van der Waals surface area contributed by atoms with Gasteiger partial charge in [-0.2, -0.15) is 0 Å². The van der Waals surface area contributed by atoms with Crippen molar-refractivity contribution in [1.29, 1.82) is 0 Å². The molecule has 1 aromatic heterocycles. The van der Waals surface area contributed by atoms with Crippen LogP contribution in [0.3, 0.4) is 0 Å². The summed E-state index contributed by atoms with van der Waals surface area (Å²) in [5.74, 6) is -1.44. The maximum atomic E-state index is 12.6. The minimum atomic E-state index is -1.07. The van der Waals surface area contributed by atoms with Crippen molar-refractivity contribution in [2.45, 2.75) is 77.5 Å². The molecule has 1 aliphatic rings. The summed E-state index contributed by atoms with van der Waals surface area (Å²) in [4.78, 5) is 26.0. The first kappa shape index (κ1) is 24.5. The highest BCUT2D eigenvalue weighted by Crippen LogP contribution is 2.36. The average Bonchev–Trinajstić information content (AvgIpc) is 3.24. The molecule has 1 atom stereocenters. The van der Waals surface area contributed by atoms with Gasteiger partial charge in [-0.15, -0.1) is 11.3 Å². The Kier molecular flexibility index (Phi) is 6.62. The van der Waals surface area contributed by atoms with E-state index in [1.807, 2.05) is 58.0 Å². The van der Waals surface area contributed by atoms with Crippen LogP contribution in [0.25, 0.3) is 0 Å². The van der Waals surface area contributed by atoms with Crippen LogP contribution in [0, 0.1) is 0 Å². The number of carbonyl (C=O) groups is 2. The van der Waals surface area contributed by atoms with E-state index >= 15 is 0 Å². The fourth-order valence-electron chi connectivity index (χ4n) is 3.32. The first-order chi connectivity index (χ1) is 14.7. The van der Waals surface area contributed by atoms with Crippen LogP contribution in [0.2, 0.25) is 0 Å². The van der Waals surface area contributed by atoms with Crippen molar-refractivity contribution in [2.75, 3.05) is 0 Å². The van der Waals surface area contributed by atoms with Crippen LogP contribution in [0.1, 0.15) is 68.6 Å². The van der Waals surface area contributed by atoms with Crippen LogP contribution in [0.15, 0.2) is 36.4 Å². The predicted molar refractivity (Wildman–Crippen MR) is 128 cm³/mol. The van der Waals surface area contributed by atoms with E-state index in [9.17, 15) is 14.7 Å². The van der Waals surface area contributed by atoms with Crippen molar-refractivity contribution < 1.29 is 24.0 Å². The largest absolute Gasteiger partial charge is 0.494 e. The van der Waals surface area contributed by atoms with Crippen molar-refractivity contribution >= 4 is 35.8 Å². The van der Waals surface area contributed by atoms with E-state index in [-0.39, 0.29) is 17.7 Å². The minimum absolute atomic E-state index is 0.0612. The molecular formula is C24H32BNO5S. The molecule has 2 heterocycles. The predicted octanol–water partition coefficient (Wildman–Crippen LogP) is 3.77. The Morgan fingerprint density at radius 1 is 1.03 bits per heavy atom. The van der Waals surface area contributed by atoms with E-state index < -0.39 is 30.3 Å². The fourth-order valence-corrected chi connectivity index (χ4v) is 4.29. The molecule has 0 saturated carbocycles. The fraction of sp³-hybridized carbons (Fsp3) is 0.500. The number of thiophene rings is 1. The molecule has 0 radical (unpaired) electrons. The molecule has 32 heavy (non-hydrogen) atoms. The van der Waals surface area contributed by atoms with Gasteiger partial charge in [0.05, 0.1) is 16.1 Å². The Balaban J connectivity index is 1.67. The molecule has 1 fully saturated rings. The van der Waals surface area contributed by atoms with Crippen molar-refractivity contribution in [3.05, 3.63) is 51.7 Å². The number of carboxylic acids is 1. The van der Waals surface area contributed by atoms with Gasteiger partial charge in [0.2, 0.25) is 0 Å². The lowest BCUT2D eigenvalue weighted by Crippen LogP contribution is -2.42. The van der Waals surface area contributed by atoms with Crippen molar-refractivity contribution in [2.24, 2.45) is 0 Å². The number of hydrogen-bond donors (Lipinski definition) is 2. The van der Waals surface area contributed by atoms with E-state index in [1.54, 1.807) is 6.07 Å². The summed E-state index contributed by atoms with van der Waals surface area (Å²) in [6, 6.07) is 10.1. The number of amides is 1. The summed E-state index contributed by atoms with van der Waals surface area (Å²) < 4.78 is 12.1. The van der Waals surface area contributed by atoms with Crippen LogP contribution in [0.5, 0.6) is 0 Å². The molecule has 172 valence electrons. The normalized spacial score (nSPS) is 18.4. The van der Waals surface area contributed by atoms with Gasteiger partial charge in [-0.1, -0.05) is 45.0 Å². The lowest BCUT2D eigenvalue weighted by molar-refractivity contribution is -0.139. The van der Waals surface area contributed by atoms with Gasteiger partial charge in [0.15, 0.2) is 0 Å². The number of aliphatic carboxylic acids is 1. The smallest absolute Gasteiger partial charge is 0.480 e. The molecule has 1 aliphatic heterocycles. The van der Waals surface area contributed by atoms with Gasteiger partial charge >= 0.3 is 13.1 Å². The van der Waals surface area contributed by atoms with Gasteiger partial charge in [-0.25, -0.2) is 4.79 Å². The number of carboxylic acid groups (broad SMARTS) is 1. The van der Waals surface area contributed by atoms with Crippen LogP contribution in [-0.4, -0.2) is 41.3 Å². The maximum Gasteiger partial charge on any atom is 0.494 e. The molecule has 2 aromatic rings. The number of carbonyl (C=O) groups excluding carboxylic acids is 1. The summed E-state index contributed by atoms with van der Waals surface area (Å²) in [5, 5.41) is 12.3. The highest BCUT2D eigenvalue weighted by Gasteiger charge is 2.51. The Hall–Kier alpha value is -2.16. The topological polar surface area (TPSA) is 84.9 Å². The van der Waals surface area contributed by atoms with E-state index in [1.165, 1.54) is 11.3 Å². The van der Waals surface area contributed by atoms with E-state index in [4.69, 9.17) is 9.31 Å². The second-order valence-electron chi connectivity index (χ2n) is 10.3. The molecule has 1 amide bonds. The highest BCUT2D eigenvalue weighted by molar-refractivity contribution is 7.14. The van der Waals surface area contributed by atoms with Gasteiger partial charge < -0.3 is 19.7 Å². The zero-order valence-electron chi connectivity index (χ0n) is 19.8. The SMILES string of the molecule is CC(C)(C)c1ccc(C(=O)NC(Cc2ccc(B3OC(C)(C)C(C)(C)O3)cc2)C(=O)O)s1. The summed E-state index contributed by atoms with van der Waals surface area (Å²) in [7, 11) is -0.472. The van der Waals surface area contributed by atoms with Gasteiger partial charge in [0, 0.05) is 11.3 Å². The van der Waals surface area contributed by atoms with E-state index in [2.05, 4.69) is 26.1 Å². The molecule has 0 aliphatic carbocycles. The summed E-state index contributed by atoms with van der Waals surface area (Å²) >= 11 is 1.39. The molecule has 1 aromatic carbocycles. The van der Waals surface area contributed by atoms with Crippen LogP contribution in [0.4, 0.5) is 0 Å². The van der Waals surface area contributed by atoms with Gasteiger partial charge in [-0.05, 0) is 56.3 Å². The number of nitrogens with one attached hydrogen (secondary N) is 1. The molecule has 6 nitrogen and oxygen atoms in total. The molecule has 2 N–H and O–H groups in total. The van der Waals surface area contributed by atoms with Crippen molar-refractivity contribution in [1.82, 2.24) is 5.32 Å². The molecular weight excluding hydrogens is 425 g/mol. The van der Waals surface area contributed by atoms with Gasteiger partial charge in [0.25, 0.3) is 5.91 Å². The Morgan fingerprint density at radius 2 is 1.59 bits per heavy atom. The zero-order chi connectivity index (χ0) is 23.9. The van der Waals surface area contributed by atoms with Crippen molar-refractivity contribution in [3.8, 4) is 0 Å². The molecule has 8 heteroatoms. The third kappa shape index (κ3) is 5.25. The Morgan fingerprint density at radius 3 is 2.06 bits per heavy atom. The van der Waals surface area contributed by atoms with Crippen LogP contribution >= 0.6 is 11.3 Å². The zero-order valence-corrected chi connectivity index (χ0v) is 20.6. The third-order valence-electron chi connectivity index (χ3n) is 6.12. The first-order valence-electron chi connectivity index (χ1n) is 10.8. The second kappa shape index (κ2) is 8.65. The number of hydrogen-bond acceptors (Lipinski definition) is 5. The minimum Gasteiger partial charge on any atom is -0.480 e. The quantitative estimate of drug-likeness (QED) is 0.646. The number of rotatable bonds is 6. The molecule has 3 rings (SSSR count). The van der Waals surface area contributed by atoms with Crippen molar-refractivity contribution in [3.63, 3.8) is 0 Å². The summed E-state index contributed by atoms with van der Waals surface area (Å²) in [6.45, 7) is 14.2. The second-order valence-corrected chi connectivity index (χ2v) is 11.4. The van der Waals surface area contributed by atoms with E-state index in [0.717, 1.165) is 15.9 Å². The van der Waals surface area contributed by atoms with Crippen LogP contribution in [-0.2, 0) is 25.9 Å². The molecule has 1 saturated heterocycles. The molecule has 1 unspecified atom stereocenters. The number of benzene rings is 1. The lowest BCUT2D eigenvalue weighted by Gasteiger charge is -2.32. The summed E-state index contributed by atoms with van der Waals surface area (Å²) in [6.07, 6.45) is 0.183. The van der Waals surface area contributed by atoms with Gasteiger partial charge in [0.1, 0.15) is 6.04 Å². The highest BCUT2D eigenvalue weighted by atomic mass is 32.1. The van der Waals surface area contributed by atoms with Crippen LogP contribution < -0.4 is 10.8 Å². The molecule has 0 bridgehead atoms. The lowest BCUT2D eigenvalue weighted by atomic mass is 9.78. The third-order valence-corrected chi connectivity index (χ3v) is 7.63. The first-order valence-corrected chi connectivity index (χ1v) is 11.6. The van der Waals surface area contributed by atoms with E-state index in [0.29, 0.717) is 4.88 Å². The average molecular weight is 457 g/mol. The molecule has 0 spiro atoms. The van der Waals surface area contributed by atoms with Gasteiger partial charge in [-0.3, -0.25) is 4.79 Å². The monoisotopic (exact) mass is 457 g/mol. The Labute approximate surface area is 194 Å².